The number of ketones is 2. The average Bonchev–Trinajstić information content (AvgIpc) is 4.15. The number of hydrogen-bond acceptors (Lipinski definition) is 7. The number of para-hydroxylation sites is 1. The van der Waals surface area contributed by atoms with Crippen LogP contribution >= 0.6 is 11.3 Å². The standard InChI is InChI=1S/C36H23N4S.2C15H28O2.2Pt/c1-39-31-15-5-3-9-21(31)25-17-19-29(37-35(25)39)27-13-7-11-23-24-12-8-14-28(34(24)41-33(23)27)30-20-18-26-22-10-4-6-16-32(22)40(2)36(26)38-30;2*1-7-14(5,8-2)12(16)11-13(17)15(6,9-3)10-4;;/h3-12,15-21H,1-2H3;2*11,16H,7-10H2,1-6H3;;/q-1;;;;/b;2*12-11-;;. The maximum absolute atomic E-state index is 12.2. The van der Waals surface area contributed by atoms with Gasteiger partial charge in [-0.2, -0.15) is 0 Å². The summed E-state index contributed by atoms with van der Waals surface area (Å²) in [6.45, 7) is 24.2. The summed E-state index contributed by atoms with van der Waals surface area (Å²) < 4.78 is 6.77. The van der Waals surface area contributed by atoms with Gasteiger partial charge in [0.25, 0.3) is 0 Å². The fourth-order valence-corrected chi connectivity index (χ4v) is 11.3. The molecular formula is C66H79N4O4Pt2S-. The number of aliphatic hydroxyl groups excluding tert-OH is 2. The second-order valence-electron chi connectivity index (χ2n) is 21.6. The molecule has 2 aliphatic rings. The van der Waals surface area contributed by atoms with Crippen molar-refractivity contribution in [1.82, 2.24) is 14.5 Å². The Kier molecular flexibility index (Phi) is 21.0. The summed E-state index contributed by atoms with van der Waals surface area (Å²) in [4.78, 5) is 34.7. The van der Waals surface area contributed by atoms with Crippen LogP contribution in [0.25, 0.3) is 64.6 Å². The Labute approximate surface area is 491 Å². The van der Waals surface area contributed by atoms with Crippen molar-refractivity contribution in [3.05, 3.63) is 138 Å². The predicted molar refractivity (Wildman–Crippen MR) is 316 cm³/mol. The fraction of sp³-hybridized carbons (Fsp3) is 0.409. The van der Waals surface area contributed by atoms with E-state index in [1.165, 1.54) is 59.9 Å². The van der Waals surface area contributed by atoms with E-state index in [0.717, 1.165) is 85.3 Å². The third kappa shape index (κ3) is 12.1. The van der Waals surface area contributed by atoms with Gasteiger partial charge in [-0.25, -0.2) is 15.9 Å². The van der Waals surface area contributed by atoms with Crippen LogP contribution in [-0.4, -0.2) is 53.6 Å². The number of fused-ring (bicyclic) bond motifs is 9. The molecule has 0 saturated heterocycles. The predicted octanol–water partition coefficient (Wildman–Crippen LogP) is 17.7. The first kappa shape index (κ1) is 62.8. The number of thiophene rings is 1. The minimum Gasteiger partial charge on any atom is -0.512 e. The van der Waals surface area contributed by atoms with Gasteiger partial charge in [0.2, 0.25) is 0 Å². The van der Waals surface area contributed by atoms with E-state index in [1.807, 2.05) is 95.2 Å². The van der Waals surface area contributed by atoms with Crippen LogP contribution in [0.5, 0.6) is 0 Å². The van der Waals surface area contributed by atoms with Gasteiger partial charge >= 0.3 is 5.82 Å². The molecule has 5 heterocycles. The van der Waals surface area contributed by atoms with Gasteiger partial charge in [0.15, 0.2) is 11.6 Å². The SMILES string of the molecule is CCC(C)(CC)C(=O)/C=C(\O)C(C)(CC)CC.CCC(C)(CC)C(=O)/C=C(\O)C(C)(CC)CC.Cn1c2ccccc2c2ccc(-c3[c-]ccc4c3sc3c(-c5ccc6c(n5)[N+](C)=C5C=CC=CC56)[c-]ccc34)nc21.[Pt].[Pt]. The molecule has 1 aliphatic heterocycles. The molecule has 77 heavy (non-hydrogen) atoms. The molecule has 11 heteroatoms. The van der Waals surface area contributed by atoms with Crippen molar-refractivity contribution in [1.29, 1.82) is 0 Å². The van der Waals surface area contributed by atoms with Gasteiger partial charge in [-0.1, -0.05) is 164 Å². The summed E-state index contributed by atoms with van der Waals surface area (Å²) in [6, 6.07) is 32.6. The number of carbonyl (C=O) groups is 2. The van der Waals surface area contributed by atoms with E-state index in [4.69, 9.17) is 9.97 Å². The maximum Gasteiger partial charge on any atom is 0.317 e. The van der Waals surface area contributed by atoms with E-state index in [0.29, 0.717) is 0 Å². The second-order valence-corrected chi connectivity index (χ2v) is 22.6. The minimum atomic E-state index is -0.337. The van der Waals surface area contributed by atoms with Crippen LogP contribution in [0.2, 0.25) is 0 Å². The number of nitrogens with zero attached hydrogens (tertiary/aromatic N) is 4. The van der Waals surface area contributed by atoms with Crippen LogP contribution in [0.3, 0.4) is 0 Å². The van der Waals surface area contributed by atoms with Gasteiger partial charge in [0.05, 0.1) is 24.0 Å². The zero-order valence-corrected chi connectivity index (χ0v) is 53.0. The average molecular weight is 1410 g/mol. The number of rotatable bonds is 16. The third-order valence-electron chi connectivity index (χ3n) is 17.8. The van der Waals surface area contributed by atoms with Crippen LogP contribution in [0.4, 0.5) is 5.82 Å². The van der Waals surface area contributed by atoms with Crippen molar-refractivity contribution in [2.45, 2.75) is 140 Å². The Bertz CT molecular complexity index is 3370. The number of hydrogen-bond donors (Lipinski definition) is 2. The van der Waals surface area contributed by atoms with Crippen LogP contribution in [-0.2, 0) is 58.8 Å². The van der Waals surface area contributed by atoms with E-state index in [1.54, 1.807) is 11.3 Å². The smallest absolute Gasteiger partial charge is 0.317 e. The largest absolute Gasteiger partial charge is 0.512 e. The second kappa shape index (κ2) is 25.8. The van der Waals surface area contributed by atoms with Crippen molar-refractivity contribution < 1.29 is 66.5 Å². The first-order chi connectivity index (χ1) is 35.8. The van der Waals surface area contributed by atoms with Crippen molar-refractivity contribution in [3.63, 3.8) is 0 Å². The summed E-state index contributed by atoms with van der Waals surface area (Å²) >= 11 is 1.78. The third-order valence-corrected chi connectivity index (χ3v) is 19.1. The Morgan fingerprint density at radius 2 is 1.09 bits per heavy atom. The number of aryl methyl sites for hydroxylation is 1. The van der Waals surface area contributed by atoms with Gasteiger partial charge in [-0.3, -0.25) is 14.6 Å². The molecule has 0 spiro atoms. The minimum absolute atomic E-state index is 0. The van der Waals surface area contributed by atoms with Crippen molar-refractivity contribution in [3.8, 4) is 22.5 Å². The summed E-state index contributed by atoms with van der Waals surface area (Å²) in [6.07, 6.45) is 18.2. The molecule has 3 aromatic carbocycles. The summed E-state index contributed by atoms with van der Waals surface area (Å²) in [5.74, 6) is 1.87. The van der Waals surface area contributed by atoms with Crippen molar-refractivity contribution in [2.24, 2.45) is 28.7 Å². The van der Waals surface area contributed by atoms with Gasteiger partial charge < -0.3 is 14.8 Å². The Morgan fingerprint density at radius 1 is 0.623 bits per heavy atom. The molecule has 0 bridgehead atoms. The van der Waals surface area contributed by atoms with Crippen molar-refractivity contribution in [2.75, 3.05) is 7.05 Å². The zero-order valence-electron chi connectivity index (χ0n) is 47.7. The van der Waals surface area contributed by atoms with Gasteiger partial charge in [0, 0.05) is 93.8 Å². The van der Waals surface area contributed by atoms with E-state index < -0.39 is 0 Å². The Morgan fingerprint density at radius 3 is 1.58 bits per heavy atom. The normalized spacial score (nSPS) is 14.6. The van der Waals surface area contributed by atoms with E-state index >= 15 is 0 Å². The van der Waals surface area contributed by atoms with Gasteiger partial charge in [-0.05, 0) is 69.2 Å². The first-order valence-electron chi connectivity index (χ1n) is 27.3. The summed E-state index contributed by atoms with van der Waals surface area (Å²) in [5, 5.41) is 25.1. The number of aromatic nitrogens is 3. The number of aliphatic hydroxyl groups is 2. The molecule has 2 N–H and O–H groups in total. The number of carbonyl (C=O) groups excluding carboxylic acids is 2. The van der Waals surface area contributed by atoms with Crippen LogP contribution in [0.1, 0.15) is 146 Å². The maximum atomic E-state index is 12.2. The molecule has 8 nitrogen and oxygen atoms in total. The van der Waals surface area contributed by atoms with Gasteiger partial charge in [-0.15, -0.1) is 52.7 Å². The molecular weight excluding hydrogens is 1330 g/mol. The van der Waals surface area contributed by atoms with Crippen molar-refractivity contribution >= 4 is 76.5 Å². The topological polar surface area (TPSA) is 108 Å². The molecule has 0 fully saturated rings. The molecule has 7 aromatic rings. The van der Waals surface area contributed by atoms with Crippen LogP contribution in [0, 0.1) is 33.8 Å². The Balaban J connectivity index is 0.000000256. The summed E-state index contributed by atoms with van der Waals surface area (Å²) in [5.41, 5.74) is 7.44. The van der Waals surface area contributed by atoms with Crippen LogP contribution < -0.4 is 0 Å². The van der Waals surface area contributed by atoms with E-state index in [2.05, 4.69) is 120 Å². The molecule has 0 saturated carbocycles. The van der Waals surface area contributed by atoms with Crippen LogP contribution in [0.15, 0.2) is 121 Å². The Hall–Kier alpha value is -5.07. The molecule has 1 unspecified atom stereocenters. The first-order valence-corrected chi connectivity index (χ1v) is 28.1. The monoisotopic (exact) mass is 1410 g/mol. The molecule has 0 radical (unpaired) electrons. The zero-order chi connectivity index (χ0) is 54.6. The molecule has 1 atom stereocenters. The number of pyridine rings is 2. The van der Waals surface area contributed by atoms with E-state index in [-0.39, 0.29) is 92.8 Å². The molecule has 414 valence electrons. The molecule has 0 amide bonds. The van der Waals surface area contributed by atoms with E-state index in [9.17, 15) is 19.8 Å². The number of benzene rings is 3. The quantitative estimate of drug-likeness (QED) is 0.0432. The van der Waals surface area contributed by atoms with Gasteiger partial charge in [0.1, 0.15) is 28.6 Å². The molecule has 9 rings (SSSR count). The number of allylic oxidation sites excluding steroid dienone is 8. The summed E-state index contributed by atoms with van der Waals surface area (Å²) in [7, 11) is 4.20. The fourth-order valence-electron chi connectivity index (χ4n) is 9.96. The molecule has 4 aromatic heterocycles. The molecule has 1 aliphatic carbocycles.